The fraction of sp³-hybridized carbons (Fsp3) is 0.435. The topological polar surface area (TPSA) is 49.3 Å². The van der Waals surface area contributed by atoms with Crippen molar-refractivity contribution in [3.8, 4) is 5.75 Å². The average molecular weight is 384 g/mol. The van der Waals surface area contributed by atoms with Gasteiger partial charge in [-0.2, -0.15) is 0 Å². The molecule has 4 rings (SSSR count). The third kappa shape index (κ3) is 2.93. The summed E-state index contributed by atoms with van der Waals surface area (Å²) in [5.41, 5.74) is 3.26. The first-order valence-electron chi connectivity index (χ1n) is 9.67. The predicted molar refractivity (Wildman–Crippen MR) is 108 cm³/mol. The highest BCUT2D eigenvalue weighted by atomic mass is 35.5. The molecule has 1 aliphatic heterocycles. The molecule has 2 fully saturated rings. The number of phenolic OH excluding ortho intramolecular Hbond substituents is 1. The molecule has 3 nitrogen and oxygen atoms in total. The van der Waals surface area contributed by atoms with E-state index in [0.717, 1.165) is 23.4 Å². The van der Waals surface area contributed by atoms with Crippen LogP contribution in [0.25, 0.3) is 0 Å². The standard InChI is InChI=1S/C23H26ClNO2/c1-13-12-17(26)8-9-18(13)19-10-11-23(3)21(14(2)25-22(23)27)20(19)15-4-6-16(24)7-5-15/h4-9,12,14,19-21,26H,10-11H2,1-3H3,(H,25,27)/t14-,19+,20+,21+,23-/m1/s1. The summed E-state index contributed by atoms with van der Waals surface area (Å²) in [5, 5.41) is 13.8. The van der Waals surface area contributed by atoms with Gasteiger partial charge in [0.05, 0.1) is 5.41 Å². The number of hydrogen-bond donors (Lipinski definition) is 2. The van der Waals surface area contributed by atoms with Gasteiger partial charge in [0.2, 0.25) is 5.91 Å². The molecule has 0 unspecified atom stereocenters. The second kappa shape index (κ2) is 6.56. The maximum atomic E-state index is 12.8. The molecule has 1 heterocycles. The van der Waals surface area contributed by atoms with Gasteiger partial charge in [-0.15, -0.1) is 0 Å². The number of hydrogen-bond acceptors (Lipinski definition) is 2. The van der Waals surface area contributed by atoms with Crippen LogP contribution in [0.4, 0.5) is 0 Å². The molecule has 0 spiro atoms. The Kier molecular flexibility index (Phi) is 4.46. The molecule has 2 N–H and O–H groups in total. The van der Waals surface area contributed by atoms with Crippen molar-refractivity contribution < 1.29 is 9.90 Å². The lowest BCUT2D eigenvalue weighted by molar-refractivity contribution is -0.129. The lowest BCUT2D eigenvalue weighted by Gasteiger charge is -2.46. The van der Waals surface area contributed by atoms with Crippen molar-refractivity contribution in [3.63, 3.8) is 0 Å². The predicted octanol–water partition coefficient (Wildman–Crippen LogP) is 5.16. The monoisotopic (exact) mass is 383 g/mol. The summed E-state index contributed by atoms with van der Waals surface area (Å²) in [4.78, 5) is 12.8. The van der Waals surface area contributed by atoms with Crippen LogP contribution < -0.4 is 5.32 Å². The molecule has 1 saturated carbocycles. The third-order valence-corrected chi connectivity index (χ3v) is 7.11. The molecular formula is C23H26ClNO2. The molecule has 2 aromatic carbocycles. The van der Waals surface area contributed by atoms with Crippen molar-refractivity contribution in [2.24, 2.45) is 11.3 Å². The van der Waals surface area contributed by atoms with Crippen LogP contribution in [0.1, 0.15) is 55.2 Å². The van der Waals surface area contributed by atoms with Crippen LogP contribution in [0.5, 0.6) is 5.75 Å². The van der Waals surface area contributed by atoms with Crippen molar-refractivity contribution in [2.45, 2.75) is 51.5 Å². The van der Waals surface area contributed by atoms with Crippen molar-refractivity contribution in [2.75, 3.05) is 0 Å². The molecule has 5 atom stereocenters. The largest absolute Gasteiger partial charge is 0.508 e. The Balaban J connectivity index is 1.85. The van der Waals surface area contributed by atoms with E-state index in [9.17, 15) is 9.90 Å². The van der Waals surface area contributed by atoms with Crippen molar-refractivity contribution >= 4 is 17.5 Å². The number of carbonyl (C=O) groups is 1. The normalized spacial score (nSPS) is 32.8. The van der Waals surface area contributed by atoms with Gasteiger partial charge in [-0.1, -0.05) is 36.7 Å². The molecule has 0 aromatic heterocycles. The highest BCUT2D eigenvalue weighted by Crippen LogP contribution is 2.58. The summed E-state index contributed by atoms with van der Waals surface area (Å²) < 4.78 is 0. The number of fused-ring (bicyclic) bond motifs is 1. The van der Waals surface area contributed by atoms with E-state index in [0.29, 0.717) is 11.7 Å². The first-order chi connectivity index (χ1) is 12.8. The van der Waals surface area contributed by atoms with Crippen molar-refractivity contribution in [1.82, 2.24) is 5.32 Å². The number of rotatable bonds is 2. The molecule has 27 heavy (non-hydrogen) atoms. The Morgan fingerprint density at radius 1 is 1.19 bits per heavy atom. The second-order valence-electron chi connectivity index (χ2n) is 8.47. The van der Waals surface area contributed by atoms with E-state index in [1.54, 1.807) is 6.07 Å². The lowest BCUT2D eigenvalue weighted by atomic mass is 9.55. The van der Waals surface area contributed by atoms with Gasteiger partial charge >= 0.3 is 0 Å². The van der Waals surface area contributed by atoms with Crippen LogP contribution in [0.2, 0.25) is 5.02 Å². The molecule has 2 aromatic rings. The zero-order chi connectivity index (χ0) is 19.3. The molecule has 0 bridgehead atoms. The number of aromatic hydroxyl groups is 1. The Morgan fingerprint density at radius 2 is 1.89 bits per heavy atom. The third-order valence-electron chi connectivity index (χ3n) is 6.85. The van der Waals surface area contributed by atoms with Gasteiger partial charge in [0, 0.05) is 17.0 Å². The molecule has 142 valence electrons. The molecule has 4 heteroatoms. The molecule has 1 amide bonds. The first-order valence-corrected chi connectivity index (χ1v) is 10.0. The van der Waals surface area contributed by atoms with Crippen LogP contribution in [0, 0.1) is 18.3 Å². The summed E-state index contributed by atoms with van der Waals surface area (Å²) >= 11 is 6.14. The molecule has 1 aliphatic carbocycles. The Labute approximate surface area is 165 Å². The van der Waals surface area contributed by atoms with E-state index in [4.69, 9.17) is 11.6 Å². The zero-order valence-electron chi connectivity index (χ0n) is 16.0. The van der Waals surface area contributed by atoms with Gasteiger partial charge in [0.15, 0.2) is 0 Å². The highest BCUT2D eigenvalue weighted by molar-refractivity contribution is 6.30. The van der Waals surface area contributed by atoms with E-state index in [2.05, 4.69) is 44.3 Å². The molecule has 1 saturated heterocycles. The first kappa shape index (κ1) is 18.4. The fourth-order valence-corrected chi connectivity index (χ4v) is 5.71. The summed E-state index contributed by atoms with van der Waals surface area (Å²) in [7, 11) is 0. The summed E-state index contributed by atoms with van der Waals surface area (Å²) in [5.74, 6) is 1.22. The van der Waals surface area contributed by atoms with Gasteiger partial charge in [-0.05, 0) is 79.5 Å². The van der Waals surface area contributed by atoms with Crippen molar-refractivity contribution in [3.05, 3.63) is 64.2 Å². The van der Waals surface area contributed by atoms with Gasteiger partial charge in [-0.25, -0.2) is 0 Å². The lowest BCUT2D eigenvalue weighted by Crippen LogP contribution is -2.42. The maximum Gasteiger partial charge on any atom is 0.226 e. The smallest absolute Gasteiger partial charge is 0.226 e. The Bertz CT molecular complexity index is 878. The minimum absolute atomic E-state index is 0.128. The van der Waals surface area contributed by atoms with Gasteiger partial charge in [0.25, 0.3) is 0 Å². The van der Waals surface area contributed by atoms with Gasteiger partial charge in [-0.3, -0.25) is 4.79 Å². The number of halogens is 1. The van der Waals surface area contributed by atoms with E-state index in [1.165, 1.54) is 11.1 Å². The van der Waals surface area contributed by atoms with Gasteiger partial charge in [0.1, 0.15) is 5.75 Å². The molecule has 2 aliphatic rings. The molecular weight excluding hydrogens is 358 g/mol. The number of benzene rings is 2. The second-order valence-corrected chi connectivity index (χ2v) is 8.91. The van der Waals surface area contributed by atoms with Gasteiger partial charge < -0.3 is 10.4 Å². The van der Waals surface area contributed by atoms with Crippen LogP contribution in [-0.2, 0) is 4.79 Å². The minimum atomic E-state index is -0.342. The van der Waals surface area contributed by atoms with E-state index in [1.807, 2.05) is 18.2 Å². The minimum Gasteiger partial charge on any atom is -0.508 e. The SMILES string of the molecule is Cc1cc(O)ccc1[C@@H]1CC[C@@]2(C)C(=O)N[C@H](C)[C@H]2[C@H]1c1ccc(Cl)cc1. The average Bonchev–Trinajstić information content (AvgIpc) is 2.85. The van der Waals surface area contributed by atoms with Crippen LogP contribution >= 0.6 is 11.6 Å². The van der Waals surface area contributed by atoms with Crippen LogP contribution in [0.15, 0.2) is 42.5 Å². The van der Waals surface area contributed by atoms with Crippen molar-refractivity contribution in [1.29, 1.82) is 0 Å². The maximum absolute atomic E-state index is 12.8. The summed E-state index contributed by atoms with van der Waals surface area (Å²) in [6, 6.07) is 13.9. The Hall–Kier alpha value is -2.00. The number of carbonyl (C=O) groups excluding carboxylic acids is 1. The Morgan fingerprint density at radius 3 is 2.56 bits per heavy atom. The van der Waals surface area contributed by atoms with E-state index in [-0.39, 0.29) is 29.2 Å². The molecule has 0 radical (unpaired) electrons. The number of amides is 1. The highest BCUT2D eigenvalue weighted by Gasteiger charge is 2.57. The summed E-state index contributed by atoms with van der Waals surface area (Å²) in [6.45, 7) is 6.31. The fourth-order valence-electron chi connectivity index (χ4n) is 5.59. The quantitative estimate of drug-likeness (QED) is 0.752. The zero-order valence-corrected chi connectivity index (χ0v) is 16.8. The van der Waals surface area contributed by atoms with E-state index >= 15 is 0 Å². The van der Waals surface area contributed by atoms with Crippen LogP contribution in [0.3, 0.4) is 0 Å². The van der Waals surface area contributed by atoms with Crippen LogP contribution in [-0.4, -0.2) is 17.1 Å². The summed E-state index contributed by atoms with van der Waals surface area (Å²) in [6.07, 6.45) is 1.83. The number of phenols is 1. The van der Waals surface area contributed by atoms with E-state index < -0.39 is 0 Å². The number of nitrogens with one attached hydrogen (secondary N) is 1. The number of aryl methyl sites for hydroxylation is 1.